The van der Waals surface area contributed by atoms with Gasteiger partial charge in [-0.05, 0) is 37.2 Å². The molecule has 0 aromatic heterocycles. The molecule has 1 saturated heterocycles. The molecule has 0 bridgehead atoms. The van der Waals surface area contributed by atoms with E-state index in [1.54, 1.807) is 0 Å². The molecular formula is C18H25O2. The van der Waals surface area contributed by atoms with Crippen LogP contribution in [0.3, 0.4) is 0 Å². The molecule has 2 rings (SSSR count). The molecule has 1 fully saturated rings. The molecule has 2 unspecified atom stereocenters. The maximum atomic E-state index is 10.8. The van der Waals surface area contributed by atoms with Crippen molar-refractivity contribution in [1.82, 2.24) is 0 Å². The van der Waals surface area contributed by atoms with Gasteiger partial charge in [-0.25, -0.2) is 5.11 Å². The lowest BCUT2D eigenvalue weighted by Gasteiger charge is -2.27. The van der Waals surface area contributed by atoms with E-state index in [2.05, 4.69) is 24.3 Å². The van der Waals surface area contributed by atoms with Crippen molar-refractivity contribution >= 4 is 6.08 Å². The first kappa shape index (κ1) is 15.3. The third-order valence-electron chi connectivity index (χ3n) is 3.99. The topological polar surface area (TPSA) is 29.1 Å². The molecule has 0 N–H and O–H groups in total. The summed E-state index contributed by atoms with van der Waals surface area (Å²) in [6, 6.07) is 10.3. The van der Waals surface area contributed by atoms with Crippen LogP contribution in [0.15, 0.2) is 36.4 Å². The van der Waals surface area contributed by atoms with E-state index in [0.717, 1.165) is 25.9 Å². The molecule has 1 aliphatic heterocycles. The molecule has 2 nitrogen and oxygen atoms in total. The highest BCUT2D eigenvalue weighted by molar-refractivity contribution is 5.49. The van der Waals surface area contributed by atoms with Gasteiger partial charge in [-0.2, -0.15) is 0 Å². The highest BCUT2D eigenvalue weighted by Crippen LogP contribution is 2.26. The first-order chi connectivity index (χ1) is 9.90. The van der Waals surface area contributed by atoms with E-state index in [-0.39, 0.29) is 12.7 Å². The predicted molar refractivity (Wildman–Crippen MR) is 82.0 cm³/mol. The molecule has 2 heteroatoms. The van der Waals surface area contributed by atoms with E-state index in [1.165, 1.54) is 24.8 Å². The van der Waals surface area contributed by atoms with Crippen LogP contribution in [-0.4, -0.2) is 19.3 Å². The standard InChI is InChI=1S/C18H25O2/c19-14-7-11-17-10-5-2-6-15-20-18(17)13-12-16-8-3-1-4-9-16/h1,3-4,8-9,12-13,17-18H,2,5-7,10-11,14-15H2. The van der Waals surface area contributed by atoms with Gasteiger partial charge in [0.15, 0.2) is 0 Å². The lowest BCUT2D eigenvalue weighted by molar-refractivity contribution is 0.0231. The van der Waals surface area contributed by atoms with E-state index in [1.807, 2.05) is 18.2 Å². The quantitative estimate of drug-likeness (QED) is 0.777. The molecule has 1 heterocycles. The van der Waals surface area contributed by atoms with Crippen LogP contribution in [0.4, 0.5) is 0 Å². The van der Waals surface area contributed by atoms with E-state index in [9.17, 15) is 5.11 Å². The van der Waals surface area contributed by atoms with Gasteiger partial charge in [0, 0.05) is 6.61 Å². The maximum Gasteiger partial charge on any atom is 0.0822 e. The van der Waals surface area contributed by atoms with Crippen LogP contribution in [-0.2, 0) is 9.84 Å². The Balaban J connectivity index is 2.00. The van der Waals surface area contributed by atoms with E-state index in [4.69, 9.17) is 4.74 Å². The largest absolute Gasteiger partial charge is 0.374 e. The van der Waals surface area contributed by atoms with E-state index < -0.39 is 0 Å². The summed E-state index contributed by atoms with van der Waals surface area (Å²) in [6.07, 6.45) is 11.1. The lowest BCUT2D eigenvalue weighted by atomic mass is 9.89. The zero-order valence-corrected chi connectivity index (χ0v) is 12.2. The van der Waals surface area contributed by atoms with Gasteiger partial charge in [-0.3, -0.25) is 0 Å². The first-order valence-electron chi connectivity index (χ1n) is 7.83. The number of hydrogen-bond acceptors (Lipinski definition) is 1. The van der Waals surface area contributed by atoms with Crippen molar-refractivity contribution < 1.29 is 9.84 Å². The zero-order valence-electron chi connectivity index (χ0n) is 12.2. The second-order valence-corrected chi connectivity index (χ2v) is 5.56. The van der Waals surface area contributed by atoms with Gasteiger partial charge in [0.2, 0.25) is 0 Å². The normalized spacial score (nSPS) is 24.4. The summed E-state index contributed by atoms with van der Waals surface area (Å²) in [4.78, 5) is 0. The minimum atomic E-state index is 0.0334. The summed E-state index contributed by atoms with van der Waals surface area (Å²) >= 11 is 0. The molecule has 109 valence electrons. The monoisotopic (exact) mass is 273 g/mol. The molecule has 0 amide bonds. The van der Waals surface area contributed by atoms with Gasteiger partial charge < -0.3 is 4.74 Å². The van der Waals surface area contributed by atoms with Crippen LogP contribution in [0.25, 0.3) is 6.08 Å². The Hall–Kier alpha value is -1.12. The SMILES string of the molecule is [O]CCCC1CCCCCOC1C=Cc1ccccc1. The van der Waals surface area contributed by atoms with Crippen molar-refractivity contribution in [1.29, 1.82) is 0 Å². The van der Waals surface area contributed by atoms with Gasteiger partial charge in [0.25, 0.3) is 0 Å². The summed E-state index contributed by atoms with van der Waals surface area (Å²) < 4.78 is 6.03. The maximum absolute atomic E-state index is 10.8. The fraction of sp³-hybridized carbons (Fsp3) is 0.556. The van der Waals surface area contributed by atoms with Crippen molar-refractivity contribution in [2.24, 2.45) is 5.92 Å². The molecular weight excluding hydrogens is 248 g/mol. The summed E-state index contributed by atoms with van der Waals surface area (Å²) in [5, 5.41) is 10.8. The van der Waals surface area contributed by atoms with Crippen molar-refractivity contribution in [3.8, 4) is 0 Å². The Labute approximate surface area is 122 Å². The fourth-order valence-corrected chi connectivity index (χ4v) is 2.84. The van der Waals surface area contributed by atoms with Crippen molar-refractivity contribution in [3.63, 3.8) is 0 Å². The summed E-state index contributed by atoms with van der Waals surface area (Å²) in [6.45, 7) is 0.878. The zero-order chi connectivity index (χ0) is 14.0. The highest BCUT2D eigenvalue weighted by Gasteiger charge is 2.21. The minimum Gasteiger partial charge on any atom is -0.374 e. The minimum absolute atomic E-state index is 0.0334. The number of hydrogen-bond donors (Lipinski definition) is 0. The third-order valence-corrected chi connectivity index (χ3v) is 3.99. The summed E-state index contributed by atoms with van der Waals surface area (Å²) in [5.41, 5.74) is 1.21. The molecule has 20 heavy (non-hydrogen) atoms. The van der Waals surface area contributed by atoms with Crippen LogP contribution in [0.2, 0.25) is 0 Å². The van der Waals surface area contributed by atoms with Gasteiger partial charge in [0.05, 0.1) is 12.7 Å². The first-order valence-corrected chi connectivity index (χ1v) is 7.83. The van der Waals surface area contributed by atoms with Crippen LogP contribution in [0.1, 0.15) is 44.1 Å². The van der Waals surface area contributed by atoms with Crippen molar-refractivity contribution in [2.45, 2.75) is 44.6 Å². The molecule has 1 radical (unpaired) electrons. The average molecular weight is 273 g/mol. The van der Waals surface area contributed by atoms with Gasteiger partial charge in [0.1, 0.15) is 0 Å². The third kappa shape index (κ3) is 5.10. The Morgan fingerprint density at radius 2 is 2.00 bits per heavy atom. The van der Waals surface area contributed by atoms with Crippen molar-refractivity contribution in [3.05, 3.63) is 42.0 Å². The Kier molecular flexibility index (Phi) is 6.82. The highest BCUT2D eigenvalue weighted by atomic mass is 16.5. The van der Waals surface area contributed by atoms with Crippen LogP contribution < -0.4 is 0 Å². The van der Waals surface area contributed by atoms with Crippen LogP contribution in [0, 0.1) is 5.92 Å². The second kappa shape index (κ2) is 8.93. The summed E-state index contributed by atoms with van der Waals surface area (Å²) in [5.74, 6) is 0.504. The van der Waals surface area contributed by atoms with E-state index in [0.29, 0.717) is 5.92 Å². The summed E-state index contributed by atoms with van der Waals surface area (Å²) in [7, 11) is 0. The Bertz CT molecular complexity index is 384. The molecule has 2 atom stereocenters. The fourth-order valence-electron chi connectivity index (χ4n) is 2.84. The average Bonchev–Trinajstić information content (AvgIpc) is 2.47. The van der Waals surface area contributed by atoms with Crippen molar-refractivity contribution in [2.75, 3.05) is 13.2 Å². The predicted octanol–water partition coefficient (Wildman–Crippen LogP) is 4.49. The molecule has 1 aliphatic rings. The number of ether oxygens (including phenoxy) is 1. The molecule has 0 spiro atoms. The number of benzene rings is 1. The van der Waals surface area contributed by atoms with Gasteiger partial charge in [-0.15, -0.1) is 0 Å². The van der Waals surface area contributed by atoms with Crippen LogP contribution in [0.5, 0.6) is 0 Å². The van der Waals surface area contributed by atoms with Gasteiger partial charge >= 0.3 is 0 Å². The Morgan fingerprint density at radius 1 is 1.15 bits per heavy atom. The molecule has 0 saturated carbocycles. The molecule has 1 aromatic rings. The smallest absolute Gasteiger partial charge is 0.0822 e. The van der Waals surface area contributed by atoms with E-state index >= 15 is 0 Å². The molecule has 0 aliphatic carbocycles. The molecule has 1 aromatic carbocycles. The second-order valence-electron chi connectivity index (χ2n) is 5.56. The van der Waals surface area contributed by atoms with Gasteiger partial charge in [-0.1, -0.05) is 55.3 Å². The Morgan fingerprint density at radius 3 is 2.80 bits per heavy atom. The van der Waals surface area contributed by atoms with Crippen LogP contribution >= 0.6 is 0 Å². The lowest BCUT2D eigenvalue weighted by Crippen LogP contribution is -2.24. The number of rotatable bonds is 5.